The highest BCUT2D eigenvalue weighted by atomic mass is 16.5. The minimum absolute atomic E-state index is 0.00274. The summed E-state index contributed by atoms with van der Waals surface area (Å²) in [5, 5.41) is 35.2. The van der Waals surface area contributed by atoms with Crippen LogP contribution < -0.4 is 5.32 Å². The largest absolute Gasteiger partial charge is 0.479 e. The highest BCUT2D eigenvalue weighted by molar-refractivity contribution is 5.92. The Hall–Kier alpha value is -3.37. The van der Waals surface area contributed by atoms with E-state index in [0.717, 1.165) is 18.4 Å². The number of allylic oxidation sites excluding steroid dienone is 1. The van der Waals surface area contributed by atoms with Gasteiger partial charge < -0.3 is 25.4 Å². The average Bonchev–Trinajstić information content (AvgIpc) is 3.24. The van der Waals surface area contributed by atoms with Crippen LogP contribution in [0.15, 0.2) is 42.0 Å². The lowest BCUT2D eigenvalue weighted by Gasteiger charge is -2.60. The predicted octanol–water partition coefficient (Wildman–Crippen LogP) is 3.05. The first kappa shape index (κ1) is 31.1. The van der Waals surface area contributed by atoms with Gasteiger partial charge in [0.05, 0.1) is 12.5 Å². The molecule has 43 heavy (non-hydrogen) atoms. The summed E-state index contributed by atoms with van der Waals surface area (Å²) in [7, 11) is 0. The third-order valence-corrected chi connectivity index (χ3v) is 11.1. The summed E-state index contributed by atoms with van der Waals surface area (Å²) in [6.07, 6.45) is 4.07. The molecule has 1 aromatic carbocycles. The van der Waals surface area contributed by atoms with Crippen LogP contribution >= 0.6 is 0 Å². The quantitative estimate of drug-likeness (QED) is 0.314. The molecule has 3 fully saturated rings. The molecule has 0 aromatic heterocycles. The van der Waals surface area contributed by atoms with E-state index in [-0.39, 0.29) is 54.6 Å². The van der Waals surface area contributed by atoms with Gasteiger partial charge in [-0.3, -0.25) is 19.2 Å². The summed E-state index contributed by atoms with van der Waals surface area (Å²) in [5.74, 6) is -3.16. The third kappa shape index (κ3) is 5.44. The van der Waals surface area contributed by atoms with E-state index in [4.69, 9.17) is 4.74 Å². The fourth-order valence-electron chi connectivity index (χ4n) is 8.87. The highest BCUT2D eigenvalue weighted by Gasteiger charge is 2.68. The van der Waals surface area contributed by atoms with Gasteiger partial charge in [0, 0.05) is 18.3 Å². The Labute approximate surface area is 250 Å². The smallest absolute Gasteiger partial charge is 0.330 e. The van der Waals surface area contributed by atoms with Crippen LogP contribution in [0.4, 0.5) is 0 Å². The standard InChI is InChI=1S/C33H41NO9/c1-31-14-12-21(35)16-20(31)8-9-22-23-13-15-33(42,32(23,2)17-24(36)28(22)31)25(37)18-43-27(39)11-10-26(38)34-29(30(40)41)19-6-4-3-5-7-19/h3-7,16,22-24,28-29,36,42H,8-15,17-18H2,1-2H3,(H,34,38)(H,40,41)/t22?,23?,24?,28?,29?,31-,32-,33-/m0/s1. The molecular formula is C33H41NO9. The van der Waals surface area contributed by atoms with Crippen LogP contribution in [-0.4, -0.2) is 63.0 Å². The first-order chi connectivity index (χ1) is 20.3. The van der Waals surface area contributed by atoms with Crippen molar-refractivity contribution < 1.29 is 44.0 Å². The maximum absolute atomic E-state index is 13.4. The van der Waals surface area contributed by atoms with Crippen molar-refractivity contribution in [2.24, 2.45) is 28.6 Å². The second kappa shape index (κ2) is 11.6. The predicted molar refractivity (Wildman–Crippen MR) is 153 cm³/mol. The molecule has 232 valence electrons. The summed E-state index contributed by atoms with van der Waals surface area (Å²) in [6, 6.07) is 6.91. The molecular weight excluding hydrogens is 554 g/mol. The Morgan fingerprint density at radius 3 is 2.47 bits per heavy atom. The number of aliphatic hydroxyl groups excluding tert-OH is 1. The number of ketones is 2. The first-order valence-corrected chi connectivity index (χ1v) is 15.2. The number of esters is 1. The Morgan fingerprint density at radius 2 is 1.77 bits per heavy atom. The topological polar surface area (TPSA) is 167 Å². The van der Waals surface area contributed by atoms with Gasteiger partial charge in [-0.25, -0.2) is 4.79 Å². The number of carboxylic acid groups (broad SMARTS) is 1. The van der Waals surface area contributed by atoms with Gasteiger partial charge in [-0.2, -0.15) is 0 Å². The summed E-state index contributed by atoms with van der Waals surface area (Å²) in [6.45, 7) is 3.35. The Bertz CT molecular complexity index is 1340. The molecule has 4 aliphatic rings. The van der Waals surface area contributed by atoms with Crippen LogP contribution in [0.1, 0.15) is 83.2 Å². The summed E-state index contributed by atoms with van der Waals surface area (Å²) in [5.41, 5.74) is -1.46. The fraction of sp³-hybridized carbons (Fsp3) is 0.606. The number of aliphatic hydroxyl groups is 2. The summed E-state index contributed by atoms with van der Waals surface area (Å²) < 4.78 is 5.18. The zero-order chi connectivity index (χ0) is 31.2. The molecule has 0 bridgehead atoms. The molecule has 0 heterocycles. The number of hydrogen-bond donors (Lipinski definition) is 4. The van der Waals surface area contributed by atoms with Gasteiger partial charge in [0.1, 0.15) is 5.60 Å². The van der Waals surface area contributed by atoms with Crippen LogP contribution in [-0.2, 0) is 28.7 Å². The van der Waals surface area contributed by atoms with Crippen LogP contribution in [0.5, 0.6) is 0 Å². The van der Waals surface area contributed by atoms with Gasteiger partial charge in [-0.05, 0) is 73.3 Å². The third-order valence-electron chi connectivity index (χ3n) is 11.1. The number of benzene rings is 1. The minimum Gasteiger partial charge on any atom is -0.479 e. The zero-order valence-electron chi connectivity index (χ0n) is 24.7. The zero-order valence-corrected chi connectivity index (χ0v) is 24.7. The molecule has 4 N–H and O–H groups in total. The van der Waals surface area contributed by atoms with Crippen LogP contribution in [0.2, 0.25) is 0 Å². The Kier molecular flexibility index (Phi) is 8.39. The van der Waals surface area contributed by atoms with E-state index >= 15 is 0 Å². The molecule has 8 atom stereocenters. The maximum atomic E-state index is 13.4. The average molecular weight is 596 g/mol. The minimum atomic E-state index is -1.77. The number of rotatable bonds is 9. The second-order valence-electron chi connectivity index (χ2n) is 13.3. The van der Waals surface area contributed by atoms with E-state index in [1.807, 2.05) is 6.92 Å². The van der Waals surface area contributed by atoms with Crippen molar-refractivity contribution >= 4 is 29.4 Å². The van der Waals surface area contributed by atoms with Crippen molar-refractivity contribution in [1.82, 2.24) is 5.32 Å². The Balaban J connectivity index is 1.18. The SMILES string of the molecule is C[C@]12CCC(=O)C=C1CCC1C2C(O)C[C@@]2(C)C1CC[C@]2(O)C(=O)COC(=O)CCC(=O)NC(C(=O)O)c1ccccc1. The van der Waals surface area contributed by atoms with Crippen molar-refractivity contribution in [3.8, 4) is 0 Å². The van der Waals surface area contributed by atoms with Crippen molar-refractivity contribution in [3.05, 3.63) is 47.5 Å². The maximum Gasteiger partial charge on any atom is 0.330 e. The van der Waals surface area contributed by atoms with E-state index in [1.54, 1.807) is 36.4 Å². The van der Waals surface area contributed by atoms with E-state index in [2.05, 4.69) is 12.2 Å². The van der Waals surface area contributed by atoms with Crippen LogP contribution in [0, 0.1) is 28.6 Å². The number of hydrogen-bond acceptors (Lipinski definition) is 8. The molecule has 10 nitrogen and oxygen atoms in total. The van der Waals surface area contributed by atoms with Crippen molar-refractivity contribution in [3.63, 3.8) is 0 Å². The van der Waals surface area contributed by atoms with Gasteiger partial charge in [-0.1, -0.05) is 49.8 Å². The monoisotopic (exact) mass is 595 g/mol. The number of Topliss-reactive ketones (excluding diaryl/α,β-unsaturated/α-hetero) is 1. The van der Waals surface area contributed by atoms with Crippen molar-refractivity contribution in [1.29, 1.82) is 0 Å². The fourth-order valence-corrected chi connectivity index (χ4v) is 8.87. The molecule has 5 rings (SSSR count). The van der Waals surface area contributed by atoms with E-state index < -0.39 is 53.4 Å². The molecule has 3 saturated carbocycles. The number of carbonyl (C=O) groups is 5. The number of nitrogens with one attached hydrogen (secondary N) is 1. The lowest BCUT2D eigenvalue weighted by Crippen LogP contribution is -2.62. The molecule has 0 radical (unpaired) electrons. The van der Waals surface area contributed by atoms with Crippen molar-refractivity contribution in [2.45, 2.75) is 89.4 Å². The Morgan fingerprint density at radius 1 is 1.05 bits per heavy atom. The second-order valence-corrected chi connectivity index (χ2v) is 13.3. The highest BCUT2D eigenvalue weighted by Crippen LogP contribution is 2.67. The van der Waals surface area contributed by atoms with Crippen LogP contribution in [0.3, 0.4) is 0 Å². The number of ether oxygens (including phenoxy) is 1. The van der Waals surface area contributed by atoms with Gasteiger partial charge >= 0.3 is 11.9 Å². The summed E-state index contributed by atoms with van der Waals surface area (Å²) >= 11 is 0. The van der Waals surface area contributed by atoms with Crippen LogP contribution in [0.25, 0.3) is 0 Å². The molecule has 4 aliphatic carbocycles. The lowest BCUT2D eigenvalue weighted by atomic mass is 9.45. The molecule has 1 aromatic rings. The van der Waals surface area contributed by atoms with E-state index in [0.29, 0.717) is 24.8 Å². The first-order valence-electron chi connectivity index (χ1n) is 15.2. The molecule has 10 heteroatoms. The summed E-state index contributed by atoms with van der Waals surface area (Å²) in [4.78, 5) is 62.0. The lowest BCUT2D eigenvalue weighted by molar-refractivity contribution is -0.184. The number of carbonyl (C=O) groups excluding carboxylic acids is 4. The van der Waals surface area contributed by atoms with E-state index in [9.17, 15) is 39.3 Å². The van der Waals surface area contributed by atoms with Gasteiger partial charge in [0.15, 0.2) is 18.4 Å². The molecule has 0 saturated heterocycles. The number of aliphatic carboxylic acids is 1. The molecule has 1 amide bonds. The number of carboxylic acids is 1. The molecule has 0 spiro atoms. The molecule has 5 unspecified atom stereocenters. The van der Waals surface area contributed by atoms with Gasteiger partial charge in [-0.15, -0.1) is 0 Å². The van der Waals surface area contributed by atoms with Crippen molar-refractivity contribution in [2.75, 3.05) is 6.61 Å². The number of amides is 1. The van der Waals surface area contributed by atoms with Gasteiger partial charge in [0.2, 0.25) is 11.7 Å². The molecule has 0 aliphatic heterocycles. The van der Waals surface area contributed by atoms with Gasteiger partial charge in [0.25, 0.3) is 0 Å². The number of fused-ring (bicyclic) bond motifs is 5. The normalized spacial score (nSPS) is 35.4. The van der Waals surface area contributed by atoms with E-state index in [1.165, 1.54) is 0 Å².